The minimum absolute atomic E-state index is 0.0280. The van der Waals surface area contributed by atoms with Gasteiger partial charge in [0.15, 0.2) is 0 Å². The summed E-state index contributed by atoms with van der Waals surface area (Å²) in [5.41, 5.74) is 10.7. The Bertz CT molecular complexity index is 892. The number of nitrogens with two attached hydrogens (primary N) is 2. The Morgan fingerprint density at radius 3 is 2.52 bits per heavy atom. The number of carbonyl (C=O) groups is 2. The van der Waals surface area contributed by atoms with Gasteiger partial charge < -0.3 is 27.0 Å². The number of nitrogens with one attached hydrogen (secondary N) is 2. The number of aromatic nitrogens is 2. The zero-order valence-electron chi connectivity index (χ0n) is 15.8. The summed E-state index contributed by atoms with van der Waals surface area (Å²) >= 11 is 0. The van der Waals surface area contributed by atoms with E-state index < -0.39 is 23.5 Å². The van der Waals surface area contributed by atoms with Gasteiger partial charge in [-0.05, 0) is 31.2 Å². The molecule has 2 heterocycles. The van der Waals surface area contributed by atoms with Gasteiger partial charge >= 0.3 is 0 Å². The quantitative estimate of drug-likeness (QED) is 0.506. The smallest absolute Gasteiger partial charge is 0.268 e. The van der Waals surface area contributed by atoms with Crippen LogP contribution in [0.5, 0.6) is 0 Å². The van der Waals surface area contributed by atoms with Crippen molar-refractivity contribution in [3.05, 3.63) is 61.1 Å². The van der Waals surface area contributed by atoms with Crippen molar-refractivity contribution >= 4 is 29.3 Å². The van der Waals surface area contributed by atoms with Crippen molar-refractivity contribution in [2.75, 3.05) is 11.4 Å². The predicted octanol–water partition coefficient (Wildman–Crippen LogP) is -0.225. The zero-order valence-corrected chi connectivity index (χ0v) is 15.8. The number of hydrogen-bond donors (Lipinski definition) is 4. The van der Waals surface area contributed by atoms with Crippen LogP contribution in [0.3, 0.4) is 0 Å². The van der Waals surface area contributed by atoms with Crippen LogP contribution in [-0.4, -0.2) is 45.9 Å². The largest absolute Gasteiger partial charge is 0.384 e. The van der Waals surface area contributed by atoms with Crippen LogP contribution < -0.4 is 27.0 Å². The van der Waals surface area contributed by atoms with Crippen LogP contribution in [0.4, 0.5) is 11.6 Å². The second-order valence-electron chi connectivity index (χ2n) is 6.51. The third kappa shape index (κ3) is 4.67. The van der Waals surface area contributed by atoms with E-state index >= 15 is 0 Å². The van der Waals surface area contributed by atoms with Crippen LogP contribution in [0.1, 0.15) is 6.92 Å². The molecule has 0 bridgehead atoms. The Labute approximate surface area is 167 Å². The number of amidine groups is 1. The van der Waals surface area contributed by atoms with Crippen molar-refractivity contribution in [2.24, 2.45) is 16.5 Å². The van der Waals surface area contributed by atoms with Gasteiger partial charge in [-0.25, -0.2) is 15.0 Å². The predicted molar refractivity (Wildman–Crippen MR) is 109 cm³/mol. The highest BCUT2D eigenvalue weighted by Gasteiger charge is 2.36. The fourth-order valence-electron chi connectivity index (χ4n) is 2.76. The number of benzene rings is 1. The van der Waals surface area contributed by atoms with Crippen LogP contribution in [0.15, 0.2) is 66.1 Å². The molecule has 6 N–H and O–H groups in total. The van der Waals surface area contributed by atoms with Gasteiger partial charge in [0.05, 0.1) is 6.54 Å². The second-order valence-corrected chi connectivity index (χ2v) is 6.51. The summed E-state index contributed by atoms with van der Waals surface area (Å²) in [5, 5.41) is 5.48. The van der Waals surface area contributed by atoms with Crippen molar-refractivity contribution in [3.63, 3.8) is 0 Å². The first kappa shape index (κ1) is 19.8. The van der Waals surface area contributed by atoms with Crippen LogP contribution >= 0.6 is 0 Å². The first-order valence-corrected chi connectivity index (χ1v) is 8.88. The molecule has 29 heavy (non-hydrogen) atoms. The Hall–Kier alpha value is -3.95. The normalized spacial score (nSPS) is 18.9. The molecule has 1 aromatic heterocycles. The van der Waals surface area contributed by atoms with Gasteiger partial charge in [-0.15, -0.1) is 0 Å². The fourth-order valence-corrected chi connectivity index (χ4v) is 2.76. The maximum atomic E-state index is 12.8. The van der Waals surface area contributed by atoms with Crippen molar-refractivity contribution < 1.29 is 9.59 Å². The summed E-state index contributed by atoms with van der Waals surface area (Å²) in [5.74, 6) is -0.690. The topological polar surface area (TPSA) is 152 Å². The van der Waals surface area contributed by atoms with Crippen molar-refractivity contribution in [2.45, 2.75) is 18.6 Å². The number of hydrogen-bond acceptors (Lipinski definition) is 8. The molecule has 2 aromatic rings. The SMILES string of the molecule is CC1(C(=O)N[C@@H](CN(c2ccccc2)c2ncccn2)C(N)=O)N=C(N)C=CN1. The Balaban J connectivity index is 1.85. The van der Waals surface area contributed by atoms with Gasteiger partial charge in [-0.3, -0.25) is 9.59 Å². The lowest BCUT2D eigenvalue weighted by Crippen LogP contribution is -2.60. The van der Waals surface area contributed by atoms with E-state index in [0.29, 0.717) is 5.95 Å². The molecule has 0 spiro atoms. The van der Waals surface area contributed by atoms with E-state index in [2.05, 4.69) is 25.6 Å². The van der Waals surface area contributed by atoms with E-state index in [0.717, 1.165) is 5.69 Å². The lowest BCUT2D eigenvalue weighted by atomic mass is 10.1. The molecule has 0 fully saturated rings. The van der Waals surface area contributed by atoms with Gasteiger partial charge in [0, 0.05) is 24.3 Å². The lowest BCUT2D eigenvalue weighted by molar-refractivity contribution is -0.130. The first-order chi connectivity index (χ1) is 13.9. The van der Waals surface area contributed by atoms with Gasteiger partial charge in [0.2, 0.25) is 17.5 Å². The van der Waals surface area contributed by atoms with Crippen LogP contribution in [0, 0.1) is 0 Å². The first-order valence-electron chi connectivity index (χ1n) is 8.88. The molecule has 0 saturated heterocycles. The monoisotopic (exact) mass is 394 g/mol. The molecular weight excluding hydrogens is 372 g/mol. The highest BCUT2D eigenvalue weighted by molar-refractivity contribution is 5.98. The van der Waals surface area contributed by atoms with Crippen LogP contribution in [-0.2, 0) is 9.59 Å². The molecule has 10 heteroatoms. The van der Waals surface area contributed by atoms with E-state index in [1.807, 2.05) is 30.3 Å². The summed E-state index contributed by atoms with van der Waals surface area (Å²) in [7, 11) is 0. The molecule has 1 aromatic carbocycles. The maximum Gasteiger partial charge on any atom is 0.268 e. The highest BCUT2D eigenvalue weighted by Crippen LogP contribution is 2.21. The second kappa shape index (κ2) is 8.38. The molecule has 2 atom stereocenters. The number of amides is 2. The summed E-state index contributed by atoms with van der Waals surface area (Å²) in [6, 6.07) is 9.90. The van der Waals surface area contributed by atoms with Gasteiger partial charge in [0.25, 0.3) is 5.91 Å². The van der Waals surface area contributed by atoms with Crippen LogP contribution in [0.25, 0.3) is 0 Å². The summed E-state index contributed by atoms with van der Waals surface area (Å²) in [4.78, 5) is 39.3. The minimum Gasteiger partial charge on any atom is -0.384 e. The van der Waals surface area contributed by atoms with Gasteiger partial charge in [-0.2, -0.15) is 0 Å². The number of rotatable bonds is 7. The average Bonchev–Trinajstić information content (AvgIpc) is 2.71. The molecular formula is C19H22N8O2. The highest BCUT2D eigenvalue weighted by atomic mass is 16.2. The van der Waals surface area contributed by atoms with Crippen LogP contribution in [0.2, 0.25) is 0 Å². The van der Waals surface area contributed by atoms with E-state index in [4.69, 9.17) is 11.5 Å². The van der Waals surface area contributed by atoms with Gasteiger partial charge in [0.1, 0.15) is 11.9 Å². The number of anilines is 2. The zero-order chi connectivity index (χ0) is 20.9. The molecule has 1 unspecified atom stereocenters. The molecule has 10 nitrogen and oxygen atoms in total. The molecule has 150 valence electrons. The minimum atomic E-state index is -1.35. The van der Waals surface area contributed by atoms with Gasteiger partial charge in [-0.1, -0.05) is 18.2 Å². The van der Waals surface area contributed by atoms with E-state index in [1.54, 1.807) is 30.3 Å². The summed E-state index contributed by atoms with van der Waals surface area (Å²) < 4.78 is 0. The molecule has 0 aliphatic carbocycles. The Morgan fingerprint density at radius 2 is 1.90 bits per heavy atom. The number of para-hydroxylation sites is 1. The number of aliphatic imine (C=N–C) groups is 1. The van der Waals surface area contributed by atoms with E-state index in [1.165, 1.54) is 12.3 Å². The third-order valence-electron chi connectivity index (χ3n) is 4.29. The number of primary amides is 1. The van der Waals surface area contributed by atoms with Crippen molar-refractivity contribution in [1.29, 1.82) is 0 Å². The molecule has 1 aliphatic heterocycles. The van der Waals surface area contributed by atoms with Crippen molar-refractivity contribution in [1.82, 2.24) is 20.6 Å². The van der Waals surface area contributed by atoms with Crippen molar-refractivity contribution in [3.8, 4) is 0 Å². The van der Waals surface area contributed by atoms with E-state index in [-0.39, 0.29) is 12.4 Å². The molecule has 0 radical (unpaired) electrons. The molecule has 2 amide bonds. The Kier molecular flexibility index (Phi) is 5.72. The number of carbonyl (C=O) groups excluding carboxylic acids is 2. The summed E-state index contributed by atoms with van der Waals surface area (Å²) in [6.45, 7) is 1.58. The standard InChI is InChI=1S/C19H22N8O2/c1-19(24-11-8-15(20)26-19)17(29)25-14(16(21)28)12-27(13-6-3-2-4-7-13)18-22-9-5-10-23-18/h2-11,14,24H,12H2,1H3,(H2,20,26)(H2,21,28)(H,25,29)/t14-,19?/m0/s1. The summed E-state index contributed by atoms with van der Waals surface area (Å²) in [6.07, 6.45) is 6.24. The van der Waals surface area contributed by atoms with E-state index in [9.17, 15) is 9.59 Å². The average molecular weight is 394 g/mol. The third-order valence-corrected chi connectivity index (χ3v) is 4.29. The Morgan fingerprint density at radius 1 is 1.21 bits per heavy atom. The number of nitrogens with zero attached hydrogens (tertiary/aromatic N) is 4. The maximum absolute atomic E-state index is 12.8. The molecule has 3 rings (SSSR count). The molecule has 1 aliphatic rings. The molecule has 0 saturated carbocycles. The lowest BCUT2D eigenvalue weighted by Gasteiger charge is -2.31. The fraction of sp³-hybridized carbons (Fsp3) is 0.211.